The molecule has 0 bridgehead atoms. The summed E-state index contributed by atoms with van der Waals surface area (Å²) in [6.07, 6.45) is 3.73. The molecule has 0 saturated heterocycles. The van der Waals surface area contributed by atoms with Crippen LogP contribution in [0.1, 0.15) is 36.7 Å². The molecule has 4 heteroatoms. The molecule has 2 rings (SSSR count). The van der Waals surface area contributed by atoms with E-state index in [1.54, 1.807) is 0 Å². The van der Waals surface area contributed by atoms with Gasteiger partial charge in [-0.15, -0.1) is 11.6 Å². The molecule has 0 unspecified atom stereocenters. The van der Waals surface area contributed by atoms with Gasteiger partial charge in [-0.25, -0.2) is 9.97 Å². The molecule has 0 atom stereocenters. The van der Waals surface area contributed by atoms with Gasteiger partial charge < -0.3 is 0 Å². The zero-order valence-electron chi connectivity index (χ0n) is 7.13. The van der Waals surface area contributed by atoms with Crippen LogP contribution in [0.2, 0.25) is 5.15 Å². The lowest BCUT2D eigenvalue weighted by atomic mass is 9.83. The summed E-state index contributed by atoms with van der Waals surface area (Å²) in [5.74, 6) is 1.55. The van der Waals surface area contributed by atoms with Crippen molar-refractivity contribution in [2.75, 3.05) is 0 Å². The fraction of sp³-hybridized carbons (Fsp3) is 0.556. The Hall–Kier alpha value is -0.340. The number of aromatic nitrogens is 2. The van der Waals surface area contributed by atoms with Crippen LogP contribution in [0.25, 0.3) is 0 Å². The lowest BCUT2D eigenvalue weighted by molar-refractivity contribution is 0.410. The van der Waals surface area contributed by atoms with Crippen molar-refractivity contribution < 1.29 is 0 Å². The van der Waals surface area contributed by atoms with Crippen LogP contribution >= 0.6 is 23.2 Å². The van der Waals surface area contributed by atoms with Crippen molar-refractivity contribution in [1.82, 2.24) is 9.97 Å². The highest BCUT2D eigenvalue weighted by atomic mass is 35.5. The van der Waals surface area contributed by atoms with E-state index < -0.39 is 0 Å². The molecule has 0 radical (unpaired) electrons. The average Bonchev–Trinajstić information content (AvgIpc) is 2.00. The highest BCUT2D eigenvalue weighted by Crippen LogP contribution is 2.35. The second kappa shape index (κ2) is 3.81. The maximum atomic E-state index is 5.84. The predicted octanol–water partition coefficient (Wildman–Crippen LogP) is 3.14. The van der Waals surface area contributed by atoms with Gasteiger partial charge in [0.1, 0.15) is 11.0 Å². The van der Waals surface area contributed by atoms with E-state index in [1.807, 2.05) is 6.07 Å². The van der Waals surface area contributed by atoms with E-state index in [4.69, 9.17) is 23.2 Å². The number of alkyl halides is 1. The normalized spacial score (nSPS) is 17.1. The topological polar surface area (TPSA) is 25.8 Å². The van der Waals surface area contributed by atoms with Gasteiger partial charge in [0.15, 0.2) is 0 Å². The van der Waals surface area contributed by atoms with E-state index in [1.165, 1.54) is 19.3 Å². The van der Waals surface area contributed by atoms with Gasteiger partial charge in [0.25, 0.3) is 0 Å². The van der Waals surface area contributed by atoms with E-state index in [-0.39, 0.29) is 0 Å². The standard InChI is InChI=1S/C9H10Cl2N2/c10-5-9-12-7(4-8(11)13-9)6-2-1-3-6/h4,6H,1-3,5H2. The quantitative estimate of drug-likeness (QED) is 0.561. The average molecular weight is 217 g/mol. The van der Waals surface area contributed by atoms with Gasteiger partial charge in [-0.2, -0.15) is 0 Å². The molecule has 1 fully saturated rings. The second-order valence-corrected chi connectivity index (χ2v) is 3.95. The van der Waals surface area contributed by atoms with Crippen LogP contribution in [0, 0.1) is 0 Å². The molecular formula is C9H10Cl2N2. The third-order valence-electron chi connectivity index (χ3n) is 2.40. The summed E-state index contributed by atoms with van der Waals surface area (Å²) in [5.41, 5.74) is 1.06. The van der Waals surface area contributed by atoms with Gasteiger partial charge in [0.05, 0.1) is 5.88 Å². The molecule has 70 valence electrons. The van der Waals surface area contributed by atoms with E-state index >= 15 is 0 Å². The molecule has 0 aliphatic heterocycles. The maximum absolute atomic E-state index is 5.84. The van der Waals surface area contributed by atoms with Crippen LogP contribution in [0.15, 0.2) is 6.07 Å². The fourth-order valence-corrected chi connectivity index (χ4v) is 1.79. The second-order valence-electron chi connectivity index (χ2n) is 3.29. The monoisotopic (exact) mass is 216 g/mol. The van der Waals surface area contributed by atoms with Crippen molar-refractivity contribution in [3.63, 3.8) is 0 Å². The highest BCUT2D eigenvalue weighted by Gasteiger charge is 2.21. The van der Waals surface area contributed by atoms with E-state index in [2.05, 4.69) is 9.97 Å². The van der Waals surface area contributed by atoms with Crippen LogP contribution in [-0.4, -0.2) is 9.97 Å². The summed E-state index contributed by atoms with van der Waals surface area (Å²) in [6, 6.07) is 1.85. The molecule has 1 heterocycles. The Kier molecular flexibility index (Phi) is 2.70. The lowest BCUT2D eigenvalue weighted by Crippen LogP contribution is -2.12. The molecule has 1 saturated carbocycles. The Bertz CT molecular complexity index is 310. The first-order chi connectivity index (χ1) is 6.29. The Morgan fingerprint density at radius 1 is 1.38 bits per heavy atom. The SMILES string of the molecule is ClCc1nc(Cl)cc(C2CCC2)n1. The van der Waals surface area contributed by atoms with Gasteiger partial charge in [-0.1, -0.05) is 18.0 Å². The molecule has 1 aromatic rings. The first-order valence-corrected chi connectivity index (χ1v) is 5.30. The number of hydrogen-bond acceptors (Lipinski definition) is 2. The molecule has 1 aliphatic carbocycles. The van der Waals surface area contributed by atoms with Crippen LogP contribution in [-0.2, 0) is 5.88 Å². The van der Waals surface area contributed by atoms with Gasteiger partial charge in [-0.3, -0.25) is 0 Å². The Morgan fingerprint density at radius 3 is 2.69 bits per heavy atom. The minimum Gasteiger partial charge on any atom is -0.236 e. The minimum absolute atomic E-state index is 0.334. The number of hydrogen-bond donors (Lipinski definition) is 0. The smallest absolute Gasteiger partial charge is 0.145 e. The van der Waals surface area contributed by atoms with Crippen molar-refractivity contribution in [2.24, 2.45) is 0 Å². The number of nitrogens with zero attached hydrogens (tertiary/aromatic N) is 2. The Morgan fingerprint density at radius 2 is 2.15 bits per heavy atom. The van der Waals surface area contributed by atoms with E-state index in [9.17, 15) is 0 Å². The first-order valence-electron chi connectivity index (χ1n) is 4.39. The predicted molar refractivity (Wildman–Crippen MR) is 53.2 cm³/mol. The summed E-state index contributed by atoms with van der Waals surface area (Å²) >= 11 is 11.5. The third kappa shape index (κ3) is 1.94. The summed E-state index contributed by atoms with van der Waals surface area (Å²) < 4.78 is 0. The van der Waals surface area contributed by atoms with Crippen molar-refractivity contribution in [1.29, 1.82) is 0 Å². The number of rotatable bonds is 2. The maximum Gasteiger partial charge on any atom is 0.145 e. The summed E-state index contributed by atoms with van der Waals surface area (Å²) in [5, 5.41) is 0.507. The van der Waals surface area contributed by atoms with Crippen LogP contribution in [0.3, 0.4) is 0 Å². The van der Waals surface area contributed by atoms with Crippen molar-refractivity contribution >= 4 is 23.2 Å². The van der Waals surface area contributed by atoms with Gasteiger partial charge >= 0.3 is 0 Å². The Labute approximate surface area is 87.3 Å². The van der Waals surface area contributed by atoms with Gasteiger partial charge in [0.2, 0.25) is 0 Å². The number of halogens is 2. The molecule has 0 spiro atoms. The van der Waals surface area contributed by atoms with Crippen molar-refractivity contribution in [3.05, 3.63) is 22.7 Å². The lowest BCUT2D eigenvalue weighted by Gasteiger charge is -2.24. The summed E-state index contributed by atoms with van der Waals surface area (Å²) in [7, 11) is 0. The van der Waals surface area contributed by atoms with Crippen LogP contribution < -0.4 is 0 Å². The van der Waals surface area contributed by atoms with E-state index in [0.29, 0.717) is 22.8 Å². The van der Waals surface area contributed by atoms with Gasteiger partial charge in [0, 0.05) is 11.6 Å². The third-order valence-corrected chi connectivity index (χ3v) is 2.84. The van der Waals surface area contributed by atoms with E-state index in [0.717, 1.165) is 5.69 Å². The molecule has 2 nitrogen and oxygen atoms in total. The fourth-order valence-electron chi connectivity index (χ4n) is 1.46. The molecule has 0 aromatic carbocycles. The largest absolute Gasteiger partial charge is 0.236 e. The summed E-state index contributed by atoms with van der Waals surface area (Å²) in [6.45, 7) is 0. The first kappa shape index (κ1) is 9.22. The summed E-state index contributed by atoms with van der Waals surface area (Å²) in [4.78, 5) is 8.36. The highest BCUT2D eigenvalue weighted by molar-refractivity contribution is 6.29. The van der Waals surface area contributed by atoms with Crippen LogP contribution in [0.5, 0.6) is 0 Å². The van der Waals surface area contributed by atoms with Gasteiger partial charge in [-0.05, 0) is 18.9 Å². The Balaban J connectivity index is 2.28. The molecular weight excluding hydrogens is 207 g/mol. The minimum atomic E-state index is 0.334. The zero-order valence-corrected chi connectivity index (χ0v) is 8.65. The zero-order chi connectivity index (χ0) is 9.26. The van der Waals surface area contributed by atoms with Crippen molar-refractivity contribution in [3.8, 4) is 0 Å². The van der Waals surface area contributed by atoms with Crippen molar-refractivity contribution in [2.45, 2.75) is 31.1 Å². The molecule has 0 N–H and O–H groups in total. The molecule has 1 aliphatic rings. The van der Waals surface area contributed by atoms with Crippen LogP contribution in [0.4, 0.5) is 0 Å². The molecule has 0 amide bonds. The molecule has 13 heavy (non-hydrogen) atoms. The molecule has 1 aromatic heterocycles.